The first-order valence-corrected chi connectivity index (χ1v) is 11.6. The van der Waals surface area contributed by atoms with Crippen molar-refractivity contribution >= 4 is 0 Å². The van der Waals surface area contributed by atoms with Gasteiger partial charge in [0.25, 0.3) is 0 Å². The maximum atomic E-state index is 6.40. The molecule has 0 unspecified atom stereocenters. The molecule has 0 aromatic carbocycles. The second kappa shape index (κ2) is 6.42. The van der Waals surface area contributed by atoms with Crippen LogP contribution < -0.4 is 0 Å². The zero-order valence-corrected chi connectivity index (χ0v) is 17.6. The molecule has 5 atom stereocenters. The molecule has 0 bridgehead atoms. The average molecular weight is 379 g/mol. The average Bonchev–Trinajstić information content (AvgIpc) is 3.39. The van der Waals surface area contributed by atoms with Gasteiger partial charge in [0.05, 0.1) is 26.4 Å². The molecule has 2 aliphatic heterocycles. The summed E-state index contributed by atoms with van der Waals surface area (Å²) in [5, 5.41) is 0. The van der Waals surface area contributed by atoms with E-state index in [1.54, 1.807) is 0 Å². The quantitative estimate of drug-likeness (QED) is 0.699. The maximum absolute atomic E-state index is 6.40. The molecule has 5 fully saturated rings. The van der Waals surface area contributed by atoms with Crippen LogP contribution in [0.25, 0.3) is 0 Å². The summed E-state index contributed by atoms with van der Waals surface area (Å²) >= 11 is 0. The van der Waals surface area contributed by atoms with Crippen LogP contribution in [-0.4, -0.2) is 38.0 Å². The van der Waals surface area contributed by atoms with Gasteiger partial charge in [-0.1, -0.05) is 33.6 Å². The third-order valence-corrected chi connectivity index (χ3v) is 9.53. The topological polar surface area (TPSA) is 36.9 Å². The van der Waals surface area contributed by atoms with Gasteiger partial charge in [-0.05, 0) is 49.9 Å². The van der Waals surface area contributed by atoms with Crippen molar-refractivity contribution in [2.45, 2.75) is 90.1 Å². The van der Waals surface area contributed by atoms with Crippen LogP contribution in [0.15, 0.2) is 0 Å². The smallest absolute Gasteiger partial charge is 0.174 e. The summed E-state index contributed by atoms with van der Waals surface area (Å²) in [6.45, 7) is 10.4. The molecule has 3 aliphatic carbocycles. The second-order valence-corrected chi connectivity index (χ2v) is 10.3. The SMILES string of the molecule is CCCC[C@]1(C)[C@H]2CC[C@@]3(C)[C@@H](CCC34OCCO4)[C@@H]2CCC12OCCO2. The summed E-state index contributed by atoms with van der Waals surface area (Å²) in [7, 11) is 0. The lowest BCUT2D eigenvalue weighted by atomic mass is 9.47. The van der Waals surface area contributed by atoms with E-state index in [1.807, 2.05) is 0 Å². The molecule has 4 nitrogen and oxygen atoms in total. The van der Waals surface area contributed by atoms with E-state index in [0.717, 1.165) is 45.2 Å². The Labute approximate surface area is 164 Å². The summed E-state index contributed by atoms with van der Waals surface area (Å²) in [6, 6.07) is 0. The Kier molecular flexibility index (Phi) is 4.48. The van der Waals surface area contributed by atoms with Gasteiger partial charge in [0.2, 0.25) is 0 Å². The van der Waals surface area contributed by atoms with E-state index >= 15 is 0 Å². The first-order chi connectivity index (χ1) is 13.0. The zero-order chi connectivity index (χ0) is 18.8. The molecule has 3 saturated carbocycles. The Morgan fingerprint density at radius 2 is 1.33 bits per heavy atom. The van der Waals surface area contributed by atoms with Gasteiger partial charge in [-0.2, -0.15) is 0 Å². The lowest BCUT2D eigenvalue weighted by molar-refractivity contribution is -0.302. The fourth-order valence-corrected chi connectivity index (χ4v) is 8.14. The van der Waals surface area contributed by atoms with Gasteiger partial charge >= 0.3 is 0 Å². The second-order valence-electron chi connectivity index (χ2n) is 10.3. The highest BCUT2D eigenvalue weighted by Crippen LogP contribution is 2.70. The molecule has 2 heterocycles. The highest BCUT2D eigenvalue weighted by molar-refractivity contribution is 5.14. The molecule has 2 saturated heterocycles. The number of unbranched alkanes of at least 4 members (excludes halogenated alkanes) is 1. The van der Waals surface area contributed by atoms with Crippen LogP contribution in [0.3, 0.4) is 0 Å². The van der Waals surface area contributed by atoms with Crippen LogP contribution in [0.5, 0.6) is 0 Å². The molecule has 5 aliphatic rings. The normalized spacial score (nSPS) is 47.4. The van der Waals surface area contributed by atoms with Crippen LogP contribution in [0.2, 0.25) is 0 Å². The van der Waals surface area contributed by atoms with Crippen molar-refractivity contribution in [1.29, 1.82) is 0 Å². The third-order valence-electron chi connectivity index (χ3n) is 9.53. The van der Waals surface area contributed by atoms with Crippen LogP contribution in [0, 0.1) is 28.6 Å². The Hall–Kier alpha value is -0.160. The highest BCUT2D eigenvalue weighted by atomic mass is 16.7. The summed E-state index contributed by atoms with van der Waals surface area (Å²) in [5.74, 6) is 1.56. The maximum Gasteiger partial charge on any atom is 0.174 e. The number of hydrogen-bond donors (Lipinski definition) is 0. The fourth-order valence-electron chi connectivity index (χ4n) is 8.14. The number of rotatable bonds is 3. The molecule has 0 aromatic heterocycles. The molecule has 0 radical (unpaired) electrons. The van der Waals surface area contributed by atoms with E-state index in [0.29, 0.717) is 11.8 Å². The molecular formula is C23H38O4. The number of hydrogen-bond acceptors (Lipinski definition) is 4. The molecule has 0 aromatic rings. The highest BCUT2D eigenvalue weighted by Gasteiger charge is 2.69. The van der Waals surface area contributed by atoms with E-state index in [-0.39, 0.29) is 22.4 Å². The molecule has 4 heteroatoms. The van der Waals surface area contributed by atoms with Crippen LogP contribution >= 0.6 is 0 Å². The molecule has 0 N–H and O–H groups in total. The summed E-state index contributed by atoms with van der Waals surface area (Å²) in [5.41, 5.74) is 0.315. The number of ether oxygens (including phenoxy) is 4. The van der Waals surface area contributed by atoms with Gasteiger partial charge in [0.1, 0.15) is 0 Å². The molecule has 2 spiro atoms. The van der Waals surface area contributed by atoms with E-state index in [2.05, 4.69) is 20.8 Å². The predicted molar refractivity (Wildman–Crippen MR) is 103 cm³/mol. The molecular weight excluding hydrogens is 340 g/mol. The standard InChI is InChI=1S/C23H38O4/c1-4-5-9-20(2)18-7-10-21(3)19(8-12-23(21)26-15-16-27-23)17(18)6-11-22(20)24-13-14-25-22/h17-19H,4-16H2,1-3H3/t17-,18+,19+,20-,21+/m1/s1. The Balaban J connectivity index is 1.47. The Morgan fingerprint density at radius 3 is 2.00 bits per heavy atom. The Bertz CT molecular complexity index is 565. The molecule has 154 valence electrons. The van der Waals surface area contributed by atoms with Gasteiger partial charge in [-0.3, -0.25) is 0 Å². The van der Waals surface area contributed by atoms with Crippen molar-refractivity contribution in [3.05, 3.63) is 0 Å². The Morgan fingerprint density at radius 1 is 0.741 bits per heavy atom. The van der Waals surface area contributed by atoms with Gasteiger partial charge in [-0.25, -0.2) is 0 Å². The minimum absolute atomic E-state index is 0.136. The van der Waals surface area contributed by atoms with Gasteiger partial charge in [-0.15, -0.1) is 0 Å². The van der Waals surface area contributed by atoms with E-state index in [1.165, 1.54) is 44.9 Å². The van der Waals surface area contributed by atoms with Crippen molar-refractivity contribution < 1.29 is 18.9 Å². The summed E-state index contributed by atoms with van der Waals surface area (Å²) < 4.78 is 25.4. The van der Waals surface area contributed by atoms with Crippen LogP contribution in [-0.2, 0) is 18.9 Å². The first kappa shape index (κ1) is 18.8. The van der Waals surface area contributed by atoms with Gasteiger partial charge < -0.3 is 18.9 Å². The van der Waals surface area contributed by atoms with Crippen molar-refractivity contribution in [2.75, 3.05) is 26.4 Å². The minimum atomic E-state index is -0.326. The van der Waals surface area contributed by atoms with Crippen molar-refractivity contribution in [3.8, 4) is 0 Å². The lowest BCUT2D eigenvalue weighted by Crippen LogP contribution is -2.62. The predicted octanol–water partition coefficient (Wildman–Crippen LogP) is 4.91. The monoisotopic (exact) mass is 378 g/mol. The fraction of sp³-hybridized carbons (Fsp3) is 1.00. The number of fused-ring (bicyclic) bond motifs is 4. The van der Waals surface area contributed by atoms with Crippen molar-refractivity contribution in [1.82, 2.24) is 0 Å². The van der Waals surface area contributed by atoms with E-state index in [4.69, 9.17) is 18.9 Å². The molecule has 0 amide bonds. The summed E-state index contributed by atoms with van der Waals surface area (Å²) in [4.78, 5) is 0. The van der Waals surface area contributed by atoms with Crippen LogP contribution in [0.4, 0.5) is 0 Å². The van der Waals surface area contributed by atoms with E-state index < -0.39 is 0 Å². The molecule has 5 rings (SSSR count). The van der Waals surface area contributed by atoms with Gasteiger partial charge in [0, 0.05) is 23.7 Å². The third kappa shape index (κ3) is 2.36. The largest absolute Gasteiger partial charge is 0.347 e. The summed E-state index contributed by atoms with van der Waals surface area (Å²) in [6.07, 6.45) is 10.9. The van der Waals surface area contributed by atoms with Crippen LogP contribution in [0.1, 0.15) is 78.6 Å². The van der Waals surface area contributed by atoms with Gasteiger partial charge in [0.15, 0.2) is 11.6 Å². The van der Waals surface area contributed by atoms with E-state index in [9.17, 15) is 0 Å². The zero-order valence-electron chi connectivity index (χ0n) is 17.6. The lowest BCUT2D eigenvalue weighted by Gasteiger charge is -2.62. The molecule has 27 heavy (non-hydrogen) atoms. The first-order valence-electron chi connectivity index (χ1n) is 11.6. The minimum Gasteiger partial charge on any atom is -0.347 e. The van der Waals surface area contributed by atoms with Crippen molar-refractivity contribution in [2.24, 2.45) is 28.6 Å². The van der Waals surface area contributed by atoms with Crippen molar-refractivity contribution in [3.63, 3.8) is 0 Å².